The molecule has 0 radical (unpaired) electrons. The normalized spacial score (nSPS) is 14.7. The van der Waals surface area contributed by atoms with Gasteiger partial charge in [0.2, 0.25) is 5.91 Å². The maximum Gasteiger partial charge on any atom is 0.224 e. The summed E-state index contributed by atoms with van der Waals surface area (Å²) < 4.78 is 3.08. The highest BCUT2D eigenvalue weighted by molar-refractivity contribution is 7.22. The summed E-state index contributed by atoms with van der Waals surface area (Å²) in [5, 5.41) is 8.98. The number of thiazole rings is 1. The molecule has 33 heavy (non-hydrogen) atoms. The molecule has 0 bridgehead atoms. The number of anilines is 1. The number of hydrogen-bond acceptors (Lipinski definition) is 5. The predicted molar refractivity (Wildman–Crippen MR) is 134 cm³/mol. The van der Waals surface area contributed by atoms with Crippen LogP contribution in [0.5, 0.6) is 0 Å². The van der Waals surface area contributed by atoms with Gasteiger partial charge in [-0.15, -0.1) is 0 Å². The zero-order valence-corrected chi connectivity index (χ0v) is 20.2. The van der Waals surface area contributed by atoms with Crippen LogP contribution in [0.15, 0.2) is 48.5 Å². The Morgan fingerprint density at radius 3 is 2.30 bits per heavy atom. The standard InChI is InChI=1S/C26H29N5OS/c1-17-4-8-20(9-5-17)16-23(32)27-21-12-14-30(15-13-21)26-28-25-24(33-26)19(3)29-31(25)22-10-6-18(2)7-11-22/h4-11,21H,12-16H2,1-3H3,(H,27,32). The van der Waals surface area contributed by atoms with Crippen LogP contribution in [0, 0.1) is 20.8 Å². The average molecular weight is 460 g/mol. The summed E-state index contributed by atoms with van der Waals surface area (Å²) in [6.07, 6.45) is 2.30. The van der Waals surface area contributed by atoms with E-state index in [2.05, 4.69) is 60.5 Å². The quantitative estimate of drug-likeness (QED) is 0.468. The van der Waals surface area contributed by atoms with Crippen LogP contribution in [0.3, 0.4) is 0 Å². The Morgan fingerprint density at radius 2 is 1.64 bits per heavy atom. The van der Waals surface area contributed by atoms with E-state index in [4.69, 9.17) is 10.1 Å². The number of piperidine rings is 1. The van der Waals surface area contributed by atoms with Gasteiger partial charge in [-0.05, 0) is 51.3 Å². The molecule has 4 aromatic rings. The third kappa shape index (κ3) is 4.64. The summed E-state index contributed by atoms with van der Waals surface area (Å²) in [4.78, 5) is 19.8. The van der Waals surface area contributed by atoms with E-state index in [0.717, 1.165) is 58.4 Å². The molecule has 1 aliphatic heterocycles. The van der Waals surface area contributed by atoms with Gasteiger partial charge >= 0.3 is 0 Å². The average Bonchev–Trinajstić information content (AvgIpc) is 3.37. The number of nitrogens with one attached hydrogen (secondary N) is 1. The van der Waals surface area contributed by atoms with Gasteiger partial charge in [0, 0.05) is 19.1 Å². The molecule has 2 aromatic carbocycles. The van der Waals surface area contributed by atoms with Crippen molar-refractivity contribution < 1.29 is 4.79 Å². The Morgan fingerprint density at radius 1 is 1.00 bits per heavy atom. The zero-order valence-electron chi connectivity index (χ0n) is 19.3. The van der Waals surface area contributed by atoms with Gasteiger partial charge in [-0.25, -0.2) is 4.68 Å². The van der Waals surface area contributed by atoms with Crippen LogP contribution in [0.25, 0.3) is 16.0 Å². The topological polar surface area (TPSA) is 63.1 Å². The monoisotopic (exact) mass is 459 g/mol. The fourth-order valence-corrected chi connectivity index (χ4v) is 5.35. The highest BCUT2D eigenvalue weighted by Crippen LogP contribution is 2.33. The van der Waals surface area contributed by atoms with E-state index < -0.39 is 0 Å². The van der Waals surface area contributed by atoms with Crippen molar-refractivity contribution >= 4 is 32.7 Å². The Labute approximate surface area is 198 Å². The molecule has 1 fully saturated rings. The highest BCUT2D eigenvalue weighted by Gasteiger charge is 2.24. The van der Waals surface area contributed by atoms with Crippen molar-refractivity contribution in [3.8, 4) is 5.69 Å². The first-order valence-corrected chi connectivity index (χ1v) is 12.3. The Balaban J connectivity index is 1.23. The summed E-state index contributed by atoms with van der Waals surface area (Å²) in [5.41, 5.74) is 6.46. The van der Waals surface area contributed by atoms with Gasteiger partial charge in [-0.2, -0.15) is 10.1 Å². The molecular weight excluding hydrogens is 430 g/mol. The third-order valence-corrected chi connectivity index (χ3v) is 7.49. The van der Waals surface area contributed by atoms with Gasteiger partial charge in [0.25, 0.3) is 0 Å². The number of benzene rings is 2. The predicted octanol–water partition coefficient (Wildman–Crippen LogP) is 4.73. The smallest absolute Gasteiger partial charge is 0.224 e. The number of amides is 1. The Kier molecular flexibility index (Phi) is 5.89. The fraction of sp³-hybridized carbons (Fsp3) is 0.346. The Hall–Kier alpha value is -3.19. The minimum absolute atomic E-state index is 0.103. The summed E-state index contributed by atoms with van der Waals surface area (Å²) in [5.74, 6) is 0.103. The van der Waals surface area contributed by atoms with Crippen LogP contribution in [0.2, 0.25) is 0 Å². The number of aromatic nitrogens is 3. The second-order valence-corrected chi connectivity index (χ2v) is 9.95. The van der Waals surface area contributed by atoms with Crippen LogP contribution in [0.4, 0.5) is 5.13 Å². The lowest BCUT2D eigenvalue weighted by atomic mass is 10.0. The first-order valence-electron chi connectivity index (χ1n) is 11.5. The molecule has 0 unspecified atom stereocenters. The minimum Gasteiger partial charge on any atom is -0.353 e. The van der Waals surface area contributed by atoms with E-state index in [-0.39, 0.29) is 11.9 Å². The molecule has 5 rings (SSSR count). The molecule has 1 N–H and O–H groups in total. The first kappa shape index (κ1) is 21.6. The fourth-order valence-electron chi connectivity index (χ4n) is 4.31. The largest absolute Gasteiger partial charge is 0.353 e. The van der Waals surface area contributed by atoms with Crippen LogP contribution in [-0.2, 0) is 11.2 Å². The van der Waals surface area contributed by atoms with Crippen molar-refractivity contribution in [1.29, 1.82) is 0 Å². The van der Waals surface area contributed by atoms with E-state index in [1.165, 1.54) is 11.1 Å². The lowest BCUT2D eigenvalue weighted by Crippen LogP contribution is -2.45. The molecule has 0 saturated carbocycles. The van der Waals surface area contributed by atoms with Crippen LogP contribution in [0.1, 0.15) is 35.2 Å². The van der Waals surface area contributed by atoms with E-state index in [1.807, 2.05) is 23.7 Å². The first-order chi connectivity index (χ1) is 16.0. The van der Waals surface area contributed by atoms with Gasteiger partial charge in [-0.3, -0.25) is 4.79 Å². The molecule has 6 nitrogen and oxygen atoms in total. The number of aryl methyl sites for hydroxylation is 3. The van der Waals surface area contributed by atoms with Crippen molar-refractivity contribution in [2.75, 3.05) is 18.0 Å². The second kappa shape index (κ2) is 8.98. The molecular formula is C26H29N5OS. The Bertz CT molecular complexity index is 1260. The number of rotatable bonds is 5. The maximum atomic E-state index is 12.5. The molecule has 1 saturated heterocycles. The van der Waals surface area contributed by atoms with Gasteiger partial charge in [0.15, 0.2) is 10.8 Å². The van der Waals surface area contributed by atoms with Crippen molar-refractivity contribution in [1.82, 2.24) is 20.1 Å². The lowest BCUT2D eigenvalue weighted by molar-refractivity contribution is -0.121. The number of carbonyl (C=O) groups excluding carboxylic acids is 1. The summed E-state index contributed by atoms with van der Waals surface area (Å²) >= 11 is 1.71. The van der Waals surface area contributed by atoms with Crippen LogP contribution < -0.4 is 10.2 Å². The molecule has 1 aliphatic rings. The number of fused-ring (bicyclic) bond motifs is 1. The van der Waals surface area contributed by atoms with Crippen molar-refractivity contribution in [2.45, 2.75) is 46.1 Å². The molecule has 0 atom stereocenters. The molecule has 170 valence electrons. The molecule has 2 aromatic heterocycles. The number of nitrogens with zero attached hydrogens (tertiary/aromatic N) is 4. The van der Waals surface area contributed by atoms with E-state index in [0.29, 0.717) is 6.42 Å². The van der Waals surface area contributed by atoms with Crippen molar-refractivity contribution in [2.24, 2.45) is 0 Å². The van der Waals surface area contributed by atoms with E-state index >= 15 is 0 Å². The van der Waals surface area contributed by atoms with Crippen LogP contribution in [-0.4, -0.2) is 39.8 Å². The summed E-state index contributed by atoms with van der Waals surface area (Å²) in [7, 11) is 0. The van der Waals surface area contributed by atoms with E-state index in [1.54, 1.807) is 11.3 Å². The van der Waals surface area contributed by atoms with Gasteiger partial charge in [-0.1, -0.05) is 58.9 Å². The molecule has 7 heteroatoms. The highest BCUT2D eigenvalue weighted by atomic mass is 32.1. The van der Waals surface area contributed by atoms with Gasteiger partial charge < -0.3 is 10.2 Å². The SMILES string of the molecule is Cc1ccc(CC(=O)NC2CCN(c3nc4c(s3)c(C)nn4-c3ccc(C)cc3)CC2)cc1. The van der Waals surface area contributed by atoms with Crippen molar-refractivity contribution in [3.05, 3.63) is 70.9 Å². The van der Waals surface area contributed by atoms with Gasteiger partial charge in [0.1, 0.15) is 0 Å². The van der Waals surface area contributed by atoms with Crippen molar-refractivity contribution in [3.63, 3.8) is 0 Å². The zero-order chi connectivity index (χ0) is 22.9. The molecule has 0 spiro atoms. The maximum absolute atomic E-state index is 12.5. The van der Waals surface area contributed by atoms with E-state index in [9.17, 15) is 4.79 Å². The number of hydrogen-bond donors (Lipinski definition) is 1. The third-order valence-electron chi connectivity index (χ3n) is 6.27. The molecule has 3 heterocycles. The number of carbonyl (C=O) groups is 1. The second-order valence-electron chi connectivity index (χ2n) is 8.97. The summed E-state index contributed by atoms with van der Waals surface area (Å²) in [6, 6.07) is 16.8. The van der Waals surface area contributed by atoms with Crippen LogP contribution >= 0.6 is 11.3 Å². The summed E-state index contributed by atoms with van der Waals surface area (Å²) in [6.45, 7) is 7.97. The van der Waals surface area contributed by atoms with Gasteiger partial charge in [0.05, 0.1) is 22.5 Å². The lowest BCUT2D eigenvalue weighted by Gasteiger charge is -2.32. The molecule has 1 amide bonds. The molecule has 0 aliphatic carbocycles. The minimum atomic E-state index is 0.103.